The summed E-state index contributed by atoms with van der Waals surface area (Å²) in [5.74, 6) is 1.77. The van der Waals surface area contributed by atoms with Gasteiger partial charge >= 0.3 is 0 Å². The average molecular weight is 251 g/mol. The Labute approximate surface area is 110 Å². The van der Waals surface area contributed by atoms with Gasteiger partial charge in [-0.2, -0.15) is 0 Å². The minimum atomic E-state index is 0.508. The minimum Gasteiger partial charge on any atom is -0.383 e. The molecular formula is C14H25N3O. The van der Waals surface area contributed by atoms with E-state index in [1.807, 2.05) is 12.4 Å². The predicted octanol–water partition coefficient (Wildman–Crippen LogP) is 2.91. The second kappa shape index (κ2) is 6.78. The van der Waals surface area contributed by atoms with Crippen molar-refractivity contribution in [2.45, 2.75) is 51.6 Å². The van der Waals surface area contributed by atoms with E-state index in [9.17, 15) is 0 Å². The van der Waals surface area contributed by atoms with Crippen LogP contribution < -0.4 is 5.32 Å². The highest BCUT2D eigenvalue weighted by molar-refractivity contribution is 5.27. The minimum absolute atomic E-state index is 0.508. The van der Waals surface area contributed by atoms with E-state index in [0.29, 0.717) is 6.04 Å². The summed E-state index contributed by atoms with van der Waals surface area (Å²) >= 11 is 0. The van der Waals surface area contributed by atoms with Crippen LogP contribution in [-0.4, -0.2) is 29.3 Å². The number of hydrogen-bond acceptors (Lipinski definition) is 3. The van der Waals surface area contributed by atoms with Crippen molar-refractivity contribution in [1.29, 1.82) is 0 Å². The summed E-state index contributed by atoms with van der Waals surface area (Å²) in [5.41, 5.74) is 0. The van der Waals surface area contributed by atoms with Crippen molar-refractivity contribution in [2.24, 2.45) is 5.92 Å². The molecular weight excluding hydrogens is 226 g/mol. The molecule has 1 atom stereocenters. The molecule has 1 aliphatic carbocycles. The molecule has 4 heteroatoms. The summed E-state index contributed by atoms with van der Waals surface area (Å²) < 4.78 is 7.24. The quantitative estimate of drug-likeness (QED) is 0.845. The Hall–Kier alpha value is -1.03. The third-order valence-corrected chi connectivity index (χ3v) is 3.97. The van der Waals surface area contributed by atoms with Crippen LogP contribution in [0.2, 0.25) is 0 Å². The van der Waals surface area contributed by atoms with Gasteiger partial charge in [0.1, 0.15) is 0 Å². The standard InChI is InChI=1S/C14H25N3O/c1-12(13-6-4-3-5-7-13)16-14-15-8-9-17(14)10-11-18-2/h8-9,12-13H,3-7,10-11H2,1-2H3,(H,15,16). The molecule has 1 unspecified atom stereocenters. The van der Waals surface area contributed by atoms with Crippen molar-refractivity contribution in [1.82, 2.24) is 9.55 Å². The Morgan fingerprint density at radius 2 is 2.22 bits per heavy atom. The number of ether oxygens (including phenoxy) is 1. The first kappa shape index (κ1) is 13.4. The van der Waals surface area contributed by atoms with Gasteiger partial charge in [0.25, 0.3) is 0 Å². The van der Waals surface area contributed by atoms with Gasteiger partial charge in [-0.05, 0) is 25.7 Å². The molecule has 0 spiro atoms. The number of methoxy groups -OCH3 is 1. The van der Waals surface area contributed by atoms with E-state index in [1.165, 1.54) is 32.1 Å². The topological polar surface area (TPSA) is 39.1 Å². The van der Waals surface area contributed by atoms with Crippen molar-refractivity contribution in [3.05, 3.63) is 12.4 Å². The molecule has 1 aromatic heterocycles. The van der Waals surface area contributed by atoms with Crippen LogP contribution in [0.15, 0.2) is 12.4 Å². The molecule has 2 rings (SSSR count). The lowest BCUT2D eigenvalue weighted by Gasteiger charge is -2.28. The molecule has 1 saturated carbocycles. The van der Waals surface area contributed by atoms with Crippen molar-refractivity contribution in [3.63, 3.8) is 0 Å². The Morgan fingerprint density at radius 3 is 2.94 bits per heavy atom. The van der Waals surface area contributed by atoms with E-state index >= 15 is 0 Å². The molecule has 1 heterocycles. The lowest BCUT2D eigenvalue weighted by Crippen LogP contribution is -2.29. The Morgan fingerprint density at radius 1 is 1.44 bits per heavy atom. The summed E-state index contributed by atoms with van der Waals surface area (Å²) in [6.45, 7) is 3.87. The van der Waals surface area contributed by atoms with Crippen LogP contribution in [0.1, 0.15) is 39.0 Å². The molecule has 102 valence electrons. The van der Waals surface area contributed by atoms with Crippen LogP contribution in [0.25, 0.3) is 0 Å². The number of nitrogens with one attached hydrogen (secondary N) is 1. The normalized spacial score (nSPS) is 18.8. The third-order valence-electron chi connectivity index (χ3n) is 3.97. The van der Waals surface area contributed by atoms with Gasteiger partial charge in [-0.3, -0.25) is 0 Å². The van der Waals surface area contributed by atoms with Crippen LogP contribution in [0.3, 0.4) is 0 Å². The van der Waals surface area contributed by atoms with E-state index in [1.54, 1.807) is 7.11 Å². The van der Waals surface area contributed by atoms with Crippen molar-refractivity contribution >= 4 is 5.95 Å². The fourth-order valence-electron chi connectivity index (χ4n) is 2.78. The highest BCUT2D eigenvalue weighted by Crippen LogP contribution is 2.27. The second-order valence-corrected chi connectivity index (χ2v) is 5.27. The van der Waals surface area contributed by atoms with Crippen LogP contribution in [0.5, 0.6) is 0 Å². The molecule has 4 nitrogen and oxygen atoms in total. The molecule has 1 N–H and O–H groups in total. The van der Waals surface area contributed by atoms with E-state index in [2.05, 4.69) is 21.8 Å². The maximum atomic E-state index is 5.12. The molecule has 0 bridgehead atoms. The summed E-state index contributed by atoms with van der Waals surface area (Å²) in [6.07, 6.45) is 10.7. The fourth-order valence-corrected chi connectivity index (χ4v) is 2.78. The van der Waals surface area contributed by atoms with Gasteiger partial charge in [0, 0.05) is 32.1 Å². The number of hydrogen-bond donors (Lipinski definition) is 1. The molecule has 18 heavy (non-hydrogen) atoms. The van der Waals surface area contributed by atoms with Crippen LogP contribution >= 0.6 is 0 Å². The summed E-state index contributed by atoms with van der Waals surface area (Å²) in [4.78, 5) is 4.40. The van der Waals surface area contributed by atoms with E-state index < -0.39 is 0 Å². The van der Waals surface area contributed by atoms with Crippen molar-refractivity contribution in [2.75, 3.05) is 19.0 Å². The van der Waals surface area contributed by atoms with Gasteiger partial charge in [-0.15, -0.1) is 0 Å². The predicted molar refractivity (Wildman–Crippen MR) is 73.8 cm³/mol. The molecule has 0 aliphatic heterocycles. The first-order chi connectivity index (χ1) is 8.81. The fraction of sp³-hybridized carbons (Fsp3) is 0.786. The SMILES string of the molecule is COCCn1ccnc1NC(C)C1CCCCC1. The van der Waals surface area contributed by atoms with Gasteiger partial charge in [0.15, 0.2) is 0 Å². The third kappa shape index (κ3) is 3.48. The number of anilines is 1. The Kier molecular flexibility index (Phi) is 5.05. The molecule has 0 amide bonds. The number of imidazole rings is 1. The Balaban J connectivity index is 1.89. The summed E-state index contributed by atoms with van der Waals surface area (Å²) in [6, 6.07) is 0.508. The smallest absolute Gasteiger partial charge is 0.203 e. The van der Waals surface area contributed by atoms with E-state index in [0.717, 1.165) is 25.0 Å². The van der Waals surface area contributed by atoms with Crippen LogP contribution in [0, 0.1) is 5.92 Å². The monoisotopic (exact) mass is 251 g/mol. The van der Waals surface area contributed by atoms with Crippen LogP contribution in [0.4, 0.5) is 5.95 Å². The van der Waals surface area contributed by atoms with Gasteiger partial charge in [-0.25, -0.2) is 4.98 Å². The zero-order valence-electron chi connectivity index (χ0n) is 11.6. The molecule has 0 saturated heterocycles. The van der Waals surface area contributed by atoms with Gasteiger partial charge in [0.2, 0.25) is 5.95 Å². The van der Waals surface area contributed by atoms with Crippen molar-refractivity contribution < 1.29 is 4.74 Å². The molecule has 1 aromatic rings. The summed E-state index contributed by atoms with van der Waals surface area (Å²) in [7, 11) is 1.73. The second-order valence-electron chi connectivity index (χ2n) is 5.27. The summed E-state index contributed by atoms with van der Waals surface area (Å²) in [5, 5.41) is 3.57. The van der Waals surface area contributed by atoms with Gasteiger partial charge in [0.05, 0.1) is 6.61 Å². The van der Waals surface area contributed by atoms with E-state index in [-0.39, 0.29) is 0 Å². The van der Waals surface area contributed by atoms with Gasteiger partial charge < -0.3 is 14.6 Å². The maximum absolute atomic E-state index is 5.12. The molecule has 0 radical (unpaired) electrons. The average Bonchev–Trinajstić information content (AvgIpc) is 2.84. The highest BCUT2D eigenvalue weighted by Gasteiger charge is 2.20. The largest absolute Gasteiger partial charge is 0.383 e. The molecule has 1 aliphatic rings. The van der Waals surface area contributed by atoms with Crippen LogP contribution in [-0.2, 0) is 11.3 Å². The first-order valence-electron chi connectivity index (χ1n) is 7.08. The van der Waals surface area contributed by atoms with E-state index in [4.69, 9.17) is 4.74 Å². The molecule has 1 fully saturated rings. The number of nitrogens with zero attached hydrogens (tertiary/aromatic N) is 2. The zero-order valence-corrected chi connectivity index (χ0v) is 11.6. The molecule has 0 aromatic carbocycles. The first-order valence-corrected chi connectivity index (χ1v) is 7.08. The maximum Gasteiger partial charge on any atom is 0.203 e. The zero-order chi connectivity index (χ0) is 12.8. The number of aromatic nitrogens is 2. The lowest BCUT2D eigenvalue weighted by atomic mass is 9.85. The number of rotatable bonds is 6. The Bertz CT molecular complexity index is 345. The highest BCUT2D eigenvalue weighted by atomic mass is 16.5. The van der Waals surface area contributed by atoms with Crippen molar-refractivity contribution in [3.8, 4) is 0 Å². The van der Waals surface area contributed by atoms with Gasteiger partial charge in [-0.1, -0.05) is 19.3 Å². The lowest BCUT2D eigenvalue weighted by molar-refractivity contribution is 0.187.